The van der Waals surface area contributed by atoms with Gasteiger partial charge in [0.25, 0.3) is 0 Å². The van der Waals surface area contributed by atoms with Gasteiger partial charge >= 0.3 is 5.97 Å². The summed E-state index contributed by atoms with van der Waals surface area (Å²) in [6.07, 6.45) is 24.7. The highest BCUT2D eigenvalue weighted by Crippen LogP contribution is 2.13. The lowest BCUT2D eigenvalue weighted by Crippen LogP contribution is -2.46. The lowest BCUT2D eigenvalue weighted by atomic mass is 10.0. The first-order valence-corrected chi connectivity index (χ1v) is 16.8. The molecule has 7 heteroatoms. The summed E-state index contributed by atoms with van der Waals surface area (Å²) in [7, 11) is 0. The molecule has 41 heavy (non-hydrogen) atoms. The molecule has 0 aromatic heterocycles. The van der Waals surface area contributed by atoms with Crippen molar-refractivity contribution in [2.45, 2.75) is 168 Å². The Kier molecular flexibility index (Phi) is 28.5. The first-order valence-electron chi connectivity index (χ1n) is 16.8. The molecule has 2 atom stereocenters. The fourth-order valence-corrected chi connectivity index (χ4v) is 4.65. The van der Waals surface area contributed by atoms with Crippen LogP contribution in [0.5, 0.6) is 0 Å². The van der Waals surface area contributed by atoms with Gasteiger partial charge in [-0.3, -0.25) is 14.4 Å². The average Bonchev–Trinajstić information content (AvgIpc) is 2.97. The van der Waals surface area contributed by atoms with Crippen LogP contribution in [0.2, 0.25) is 0 Å². The maximum absolute atomic E-state index is 12.6. The molecule has 0 spiro atoms. The third kappa shape index (κ3) is 26.9. The Hall–Kier alpha value is -1.73. The van der Waals surface area contributed by atoms with Gasteiger partial charge in [0.2, 0.25) is 5.91 Å². The maximum atomic E-state index is 12.6. The lowest BCUT2D eigenvalue weighted by molar-refractivity contribution is -0.147. The molecule has 0 bridgehead atoms. The number of ketones is 1. The molecule has 0 fully saturated rings. The fraction of sp³-hybridized carbons (Fsp3) is 0.853. The molecule has 0 heterocycles. The zero-order valence-corrected chi connectivity index (χ0v) is 26.8. The Morgan fingerprint density at radius 3 is 1.80 bits per heavy atom. The molecule has 0 rings (SSSR count). The number of hydrogen-bond acceptors (Lipinski definition) is 6. The van der Waals surface area contributed by atoms with Gasteiger partial charge in [0.05, 0.1) is 18.6 Å². The standard InChI is InChI=1S/C34H63NO6/c1-4-7-9-11-13-14-15-16-17-18-19-20-22-24-32(37)31(35-33(38)25-23-21-12-10-8-5-2)29-41-34(39)27-26-30(36)28-40-6-3/h22,24,31-32,37H,4-21,23,25-29H2,1-3H3,(H,35,38)/b24-22+. The number of Topliss-reactive ketones (excluding diaryl/α,β-unsaturated/α-hetero) is 1. The van der Waals surface area contributed by atoms with Crippen LogP contribution in [0, 0.1) is 0 Å². The van der Waals surface area contributed by atoms with Crippen molar-refractivity contribution in [3.8, 4) is 0 Å². The van der Waals surface area contributed by atoms with E-state index in [1.807, 2.05) is 6.08 Å². The third-order valence-corrected chi connectivity index (χ3v) is 7.32. The van der Waals surface area contributed by atoms with E-state index in [4.69, 9.17) is 9.47 Å². The Bertz CT molecular complexity index is 666. The molecule has 0 aliphatic carbocycles. The molecule has 2 N–H and O–H groups in total. The molecule has 0 aliphatic rings. The second kappa shape index (κ2) is 29.8. The average molecular weight is 582 g/mol. The number of aliphatic hydroxyl groups excluding tert-OH is 1. The van der Waals surface area contributed by atoms with E-state index < -0.39 is 18.1 Å². The van der Waals surface area contributed by atoms with E-state index >= 15 is 0 Å². The van der Waals surface area contributed by atoms with Crippen molar-refractivity contribution in [2.75, 3.05) is 19.8 Å². The van der Waals surface area contributed by atoms with Crippen molar-refractivity contribution >= 4 is 17.7 Å². The number of esters is 1. The van der Waals surface area contributed by atoms with Crippen molar-refractivity contribution in [3.05, 3.63) is 12.2 Å². The van der Waals surface area contributed by atoms with E-state index in [1.165, 1.54) is 83.5 Å². The largest absolute Gasteiger partial charge is 0.463 e. The topological polar surface area (TPSA) is 102 Å². The quantitative estimate of drug-likeness (QED) is 0.0510. The zero-order chi connectivity index (χ0) is 30.4. The number of unbranched alkanes of at least 4 members (excludes halogenated alkanes) is 16. The van der Waals surface area contributed by atoms with Crippen LogP contribution in [0.25, 0.3) is 0 Å². The number of nitrogens with one attached hydrogen (secondary N) is 1. The Morgan fingerprint density at radius 2 is 1.24 bits per heavy atom. The summed E-state index contributed by atoms with van der Waals surface area (Å²) in [5, 5.41) is 13.6. The minimum absolute atomic E-state index is 0.0104. The van der Waals surface area contributed by atoms with Crippen molar-refractivity contribution in [1.82, 2.24) is 5.32 Å². The van der Waals surface area contributed by atoms with Crippen LogP contribution in [0.3, 0.4) is 0 Å². The second-order valence-electron chi connectivity index (χ2n) is 11.3. The molecule has 0 saturated heterocycles. The number of hydrogen-bond donors (Lipinski definition) is 2. The van der Waals surface area contributed by atoms with Gasteiger partial charge in [-0.25, -0.2) is 0 Å². The zero-order valence-electron chi connectivity index (χ0n) is 26.8. The fourth-order valence-electron chi connectivity index (χ4n) is 4.65. The number of amides is 1. The summed E-state index contributed by atoms with van der Waals surface area (Å²) >= 11 is 0. The summed E-state index contributed by atoms with van der Waals surface area (Å²) in [6, 6.07) is -0.723. The summed E-state index contributed by atoms with van der Waals surface area (Å²) in [4.78, 5) is 36.5. The van der Waals surface area contributed by atoms with Gasteiger partial charge < -0.3 is 19.9 Å². The number of carbonyl (C=O) groups excluding carboxylic acids is 3. The van der Waals surface area contributed by atoms with Crippen LogP contribution in [0.1, 0.15) is 156 Å². The normalized spacial score (nSPS) is 12.9. The van der Waals surface area contributed by atoms with Crippen LogP contribution in [0.4, 0.5) is 0 Å². The van der Waals surface area contributed by atoms with E-state index in [-0.39, 0.29) is 37.7 Å². The number of aliphatic hydroxyl groups is 1. The van der Waals surface area contributed by atoms with Gasteiger partial charge in [0, 0.05) is 19.4 Å². The monoisotopic (exact) mass is 581 g/mol. The van der Waals surface area contributed by atoms with Gasteiger partial charge in [-0.05, 0) is 26.2 Å². The first kappa shape index (κ1) is 39.3. The van der Waals surface area contributed by atoms with E-state index in [2.05, 4.69) is 19.2 Å². The van der Waals surface area contributed by atoms with Crippen LogP contribution in [-0.4, -0.2) is 54.7 Å². The molecule has 0 aliphatic heterocycles. The van der Waals surface area contributed by atoms with Crippen LogP contribution >= 0.6 is 0 Å². The molecule has 1 amide bonds. The summed E-state index contributed by atoms with van der Waals surface area (Å²) in [5.41, 5.74) is 0. The van der Waals surface area contributed by atoms with Crippen molar-refractivity contribution in [3.63, 3.8) is 0 Å². The molecular formula is C34H63NO6. The number of allylic oxidation sites excluding steroid dienone is 1. The van der Waals surface area contributed by atoms with Crippen LogP contribution < -0.4 is 5.32 Å². The van der Waals surface area contributed by atoms with E-state index in [9.17, 15) is 19.5 Å². The third-order valence-electron chi connectivity index (χ3n) is 7.32. The van der Waals surface area contributed by atoms with Crippen molar-refractivity contribution in [2.24, 2.45) is 0 Å². The molecule has 0 saturated carbocycles. The Labute approximate surface area is 251 Å². The highest BCUT2D eigenvalue weighted by molar-refractivity contribution is 5.83. The van der Waals surface area contributed by atoms with Crippen LogP contribution in [-0.2, 0) is 23.9 Å². The smallest absolute Gasteiger partial charge is 0.306 e. The Balaban J connectivity index is 4.47. The lowest BCUT2D eigenvalue weighted by Gasteiger charge is -2.22. The highest BCUT2D eigenvalue weighted by Gasteiger charge is 2.21. The second-order valence-corrected chi connectivity index (χ2v) is 11.3. The van der Waals surface area contributed by atoms with Crippen LogP contribution in [0.15, 0.2) is 12.2 Å². The molecule has 0 radical (unpaired) electrons. The number of ether oxygens (including phenoxy) is 2. The van der Waals surface area contributed by atoms with Gasteiger partial charge in [-0.1, -0.05) is 122 Å². The number of carbonyl (C=O) groups is 3. The van der Waals surface area contributed by atoms with E-state index in [0.717, 1.165) is 32.1 Å². The van der Waals surface area contributed by atoms with Gasteiger partial charge in [-0.2, -0.15) is 0 Å². The number of rotatable bonds is 30. The van der Waals surface area contributed by atoms with Crippen molar-refractivity contribution < 1.29 is 29.0 Å². The molecule has 240 valence electrons. The SMILES string of the molecule is CCCCCCCCCCCCC/C=C/C(O)C(COC(=O)CCC(=O)COCC)NC(=O)CCCCCCCC. The van der Waals surface area contributed by atoms with E-state index in [1.54, 1.807) is 13.0 Å². The predicted molar refractivity (Wildman–Crippen MR) is 168 cm³/mol. The minimum Gasteiger partial charge on any atom is -0.463 e. The Morgan fingerprint density at radius 1 is 0.707 bits per heavy atom. The van der Waals surface area contributed by atoms with Crippen molar-refractivity contribution in [1.29, 1.82) is 0 Å². The molecule has 0 aromatic carbocycles. The molecule has 0 aromatic rings. The van der Waals surface area contributed by atoms with Gasteiger partial charge in [0.15, 0.2) is 5.78 Å². The summed E-state index contributed by atoms with van der Waals surface area (Å²) in [6.45, 7) is 6.53. The van der Waals surface area contributed by atoms with Gasteiger partial charge in [0.1, 0.15) is 13.2 Å². The molecule has 2 unspecified atom stereocenters. The first-order chi connectivity index (χ1) is 19.9. The predicted octanol–water partition coefficient (Wildman–Crippen LogP) is 7.77. The molecule has 7 nitrogen and oxygen atoms in total. The maximum Gasteiger partial charge on any atom is 0.306 e. The highest BCUT2D eigenvalue weighted by atomic mass is 16.5. The minimum atomic E-state index is -0.955. The van der Waals surface area contributed by atoms with Gasteiger partial charge in [-0.15, -0.1) is 0 Å². The summed E-state index contributed by atoms with van der Waals surface area (Å²) in [5.74, 6) is -0.827. The van der Waals surface area contributed by atoms with E-state index in [0.29, 0.717) is 13.0 Å². The molecular weight excluding hydrogens is 518 g/mol. The summed E-state index contributed by atoms with van der Waals surface area (Å²) < 4.78 is 10.4.